The van der Waals surface area contributed by atoms with E-state index in [1.54, 1.807) is 62.6 Å². The third-order valence-electron chi connectivity index (χ3n) is 7.24. The third kappa shape index (κ3) is 8.65. The Kier molecular flexibility index (Phi) is 11.3. The van der Waals surface area contributed by atoms with E-state index in [0.29, 0.717) is 16.3 Å². The van der Waals surface area contributed by atoms with Gasteiger partial charge in [0.2, 0.25) is 11.8 Å². The molecule has 0 aliphatic heterocycles. The number of carbonyl (C=O) groups excluding carboxylic acids is 2. The zero-order chi connectivity index (χ0) is 32.6. The maximum absolute atomic E-state index is 14.6. The van der Waals surface area contributed by atoms with Crippen LogP contribution >= 0.6 is 11.6 Å². The van der Waals surface area contributed by atoms with Crippen molar-refractivity contribution in [1.82, 2.24) is 10.2 Å². The van der Waals surface area contributed by atoms with E-state index >= 15 is 0 Å². The Morgan fingerprint density at radius 1 is 0.867 bits per heavy atom. The minimum atomic E-state index is -4.22. The van der Waals surface area contributed by atoms with Gasteiger partial charge < -0.3 is 15.0 Å². The molecule has 0 saturated carbocycles. The Labute approximate surface area is 270 Å². The zero-order valence-corrected chi connectivity index (χ0v) is 27.4. The van der Waals surface area contributed by atoms with Gasteiger partial charge in [-0.1, -0.05) is 78.3 Å². The lowest BCUT2D eigenvalue weighted by Gasteiger charge is -2.34. The summed E-state index contributed by atoms with van der Waals surface area (Å²) in [7, 11) is -2.67. The summed E-state index contributed by atoms with van der Waals surface area (Å²) in [5.41, 5.74) is 2.45. The van der Waals surface area contributed by atoms with Crippen LogP contribution in [-0.4, -0.2) is 50.9 Å². The second-order valence-electron chi connectivity index (χ2n) is 11.0. The van der Waals surface area contributed by atoms with Crippen LogP contribution in [0.4, 0.5) is 5.69 Å². The molecule has 0 unspecified atom stereocenters. The summed E-state index contributed by atoms with van der Waals surface area (Å²) in [5, 5.41) is 3.28. The summed E-state index contributed by atoms with van der Waals surface area (Å²) in [5.74, 6) is -0.313. The van der Waals surface area contributed by atoms with Crippen molar-refractivity contribution in [2.45, 2.75) is 50.7 Å². The first-order valence-corrected chi connectivity index (χ1v) is 16.4. The average Bonchev–Trinajstić information content (AvgIpc) is 3.03. The zero-order valence-electron chi connectivity index (χ0n) is 25.8. The van der Waals surface area contributed by atoms with Gasteiger partial charge in [-0.25, -0.2) is 8.42 Å². The smallest absolute Gasteiger partial charge is 0.264 e. The lowest BCUT2D eigenvalue weighted by molar-refractivity contribution is -0.140. The molecule has 10 heteroatoms. The molecule has 4 rings (SSSR count). The van der Waals surface area contributed by atoms with Crippen LogP contribution in [0.2, 0.25) is 5.02 Å². The highest BCUT2D eigenvalue weighted by molar-refractivity contribution is 7.92. The van der Waals surface area contributed by atoms with Crippen molar-refractivity contribution >= 4 is 39.1 Å². The molecule has 0 radical (unpaired) electrons. The van der Waals surface area contributed by atoms with Crippen molar-refractivity contribution in [3.63, 3.8) is 0 Å². The number of nitrogens with one attached hydrogen (secondary N) is 1. The fraction of sp³-hybridized carbons (Fsp3) is 0.257. The number of carbonyl (C=O) groups is 2. The van der Waals surface area contributed by atoms with Gasteiger partial charge in [0.1, 0.15) is 18.3 Å². The quantitative estimate of drug-likeness (QED) is 0.192. The topological polar surface area (TPSA) is 96.0 Å². The summed E-state index contributed by atoms with van der Waals surface area (Å²) in [6, 6.07) is 28.3. The van der Waals surface area contributed by atoms with E-state index in [1.165, 1.54) is 23.1 Å². The molecule has 4 aromatic carbocycles. The molecule has 0 spiro atoms. The lowest BCUT2D eigenvalue weighted by atomic mass is 10.0. The van der Waals surface area contributed by atoms with Gasteiger partial charge in [-0.15, -0.1) is 0 Å². The summed E-state index contributed by atoms with van der Waals surface area (Å²) in [6.07, 6.45) is 0.219. The predicted molar refractivity (Wildman–Crippen MR) is 178 cm³/mol. The molecule has 0 aliphatic rings. The number of benzene rings is 4. The number of halogens is 1. The SMILES string of the molecule is COc1cccc(CN(C(=O)CN(c2cc(Cl)ccc2C)S(=O)(=O)c2ccccc2)[C@@H](Cc2ccccc2)C(=O)NC(C)C)c1. The molecule has 1 N–H and O–H groups in total. The minimum absolute atomic E-state index is 0.0231. The molecule has 0 bridgehead atoms. The first-order valence-electron chi connectivity index (χ1n) is 14.6. The van der Waals surface area contributed by atoms with Crippen LogP contribution in [0, 0.1) is 6.92 Å². The minimum Gasteiger partial charge on any atom is -0.497 e. The van der Waals surface area contributed by atoms with E-state index < -0.39 is 28.5 Å². The van der Waals surface area contributed by atoms with Crippen LogP contribution in [0.25, 0.3) is 0 Å². The van der Waals surface area contributed by atoms with E-state index in [4.69, 9.17) is 16.3 Å². The van der Waals surface area contributed by atoms with Gasteiger partial charge in [0.15, 0.2) is 0 Å². The summed E-state index contributed by atoms with van der Waals surface area (Å²) < 4.78 is 34.8. The molecule has 0 aliphatic carbocycles. The number of rotatable bonds is 13. The van der Waals surface area contributed by atoms with Crippen molar-refractivity contribution in [3.05, 3.63) is 125 Å². The monoisotopic (exact) mass is 647 g/mol. The van der Waals surface area contributed by atoms with Crippen molar-refractivity contribution < 1.29 is 22.7 Å². The summed E-state index contributed by atoms with van der Waals surface area (Å²) in [6.45, 7) is 4.92. The van der Waals surface area contributed by atoms with E-state index in [2.05, 4.69) is 5.32 Å². The number of sulfonamides is 1. The summed E-state index contributed by atoms with van der Waals surface area (Å²) in [4.78, 5) is 29.8. The third-order valence-corrected chi connectivity index (χ3v) is 9.25. The van der Waals surface area contributed by atoms with E-state index in [-0.39, 0.29) is 35.5 Å². The number of methoxy groups -OCH3 is 1. The van der Waals surface area contributed by atoms with Crippen molar-refractivity contribution in [2.75, 3.05) is 18.0 Å². The van der Waals surface area contributed by atoms with Gasteiger partial charge in [0.25, 0.3) is 10.0 Å². The van der Waals surface area contributed by atoms with Gasteiger partial charge in [-0.05, 0) is 73.9 Å². The van der Waals surface area contributed by atoms with Crippen LogP contribution < -0.4 is 14.4 Å². The van der Waals surface area contributed by atoms with E-state index in [9.17, 15) is 18.0 Å². The lowest BCUT2D eigenvalue weighted by Crippen LogP contribution is -2.54. The number of hydrogen-bond acceptors (Lipinski definition) is 5. The number of ether oxygens (including phenoxy) is 1. The average molecular weight is 648 g/mol. The Morgan fingerprint density at radius 2 is 1.51 bits per heavy atom. The van der Waals surface area contributed by atoms with Crippen LogP contribution in [0.5, 0.6) is 5.75 Å². The highest BCUT2D eigenvalue weighted by Gasteiger charge is 2.35. The van der Waals surface area contributed by atoms with Crippen LogP contribution in [0.3, 0.4) is 0 Å². The Morgan fingerprint density at radius 3 is 2.16 bits per heavy atom. The number of nitrogens with zero attached hydrogens (tertiary/aromatic N) is 2. The second kappa shape index (κ2) is 15.1. The largest absolute Gasteiger partial charge is 0.497 e. The molecule has 0 fully saturated rings. The Hall–Kier alpha value is -4.34. The Bertz CT molecular complexity index is 1720. The molecule has 0 aromatic heterocycles. The number of anilines is 1. The number of amides is 2. The fourth-order valence-electron chi connectivity index (χ4n) is 4.99. The predicted octanol–water partition coefficient (Wildman–Crippen LogP) is 6.02. The molecule has 0 saturated heterocycles. The van der Waals surface area contributed by atoms with Crippen LogP contribution in [0.1, 0.15) is 30.5 Å². The van der Waals surface area contributed by atoms with Gasteiger partial charge in [-0.3, -0.25) is 13.9 Å². The molecule has 236 valence electrons. The van der Waals surface area contributed by atoms with Gasteiger partial charge in [0.05, 0.1) is 17.7 Å². The van der Waals surface area contributed by atoms with E-state index in [1.807, 2.05) is 50.2 Å². The highest BCUT2D eigenvalue weighted by atomic mass is 35.5. The standard InChI is InChI=1S/C35H38ClN3O5S/c1-25(2)37-35(41)33(21-27-12-7-5-8-13-27)38(23-28-14-11-15-30(20-28)44-4)34(40)24-39(32-22-29(36)19-18-26(32)3)45(42,43)31-16-9-6-10-17-31/h5-20,22,25,33H,21,23-24H2,1-4H3,(H,37,41)/t33-/m0/s1. The first-order chi connectivity index (χ1) is 21.5. The number of hydrogen-bond donors (Lipinski definition) is 1. The van der Waals surface area contributed by atoms with Crippen LogP contribution in [0.15, 0.2) is 108 Å². The fourth-order valence-corrected chi connectivity index (χ4v) is 6.64. The molecule has 8 nitrogen and oxygen atoms in total. The van der Waals surface area contributed by atoms with E-state index in [0.717, 1.165) is 15.4 Å². The maximum Gasteiger partial charge on any atom is 0.264 e. The summed E-state index contributed by atoms with van der Waals surface area (Å²) >= 11 is 6.34. The molecular weight excluding hydrogens is 610 g/mol. The maximum atomic E-state index is 14.6. The molecule has 0 heterocycles. The van der Waals surface area contributed by atoms with Gasteiger partial charge >= 0.3 is 0 Å². The Balaban J connectivity index is 1.84. The molecule has 2 amide bonds. The van der Waals surface area contributed by atoms with Gasteiger partial charge in [-0.2, -0.15) is 0 Å². The van der Waals surface area contributed by atoms with Crippen molar-refractivity contribution in [1.29, 1.82) is 0 Å². The van der Waals surface area contributed by atoms with Crippen molar-refractivity contribution in [2.24, 2.45) is 0 Å². The molecule has 45 heavy (non-hydrogen) atoms. The first kappa shape index (κ1) is 33.6. The molecule has 1 atom stereocenters. The van der Waals surface area contributed by atoms with Gasteiger partial charge in [0, 0.05) is 24.0 Å². The normalized spacial score (nSPS) is 12.0. The second-order valence-corrected chi connectivity index (χ2v) is 13.3. The van der Waals surface area contributed by atoms with Crippen LogP contribution in [-0.2, 0) is 32.6 Å². The molecule has 4 aromatic rings. The highest BCUT2D eigenvalue weighted by Crippen LogP contribution is 2.30. The molecular formula is C35H38ClN3O5S. The number of aryl methyl sites for hydroxylation is 1. The van der Waals surface area contributed by atoms with Crippen molar-refractivity contribution in [3.8, 4) is 5.75 Å².